The quantitative estimate of drug-likeness (QED) is 0.582. The summed E-state index contributed by atoms with van der Waals surface area (Å²) in [6.07, 6.45) is 1.89. The summed E-state index contributed by atoms with van der Waals surface area (Å²) in [6, 6.07) is 0.194. The van der Waals surface area contributed by atoms with E-state index in [9.17, 15) is 4.55 Å². The standard InChI is InChI=1S/C6H11N3OS2/c1-4(2)7-5-6(11-3)9-12(10)8-5/h4H,1-3H3,(H,7,8). The van der Waals surface area contributed by atoms with Gasteiger partial charge < -0.3 is 4.55 Å². The van der Waals surface area contributed by atoms with Gasteiger partial charge in [-0.2, -0.15) is 0 Å². The van der Waals surface area contributed by atoms with Gasteiger partial charge in [-0.3, -0.25) is 4.99 Å². The number of thioether (sulfide) groups is 1. The maximum atomic E-state index is 10.9. The number of hydrogen-bond donors (Lipinski definition) is 1. The zero-order valence-electron chi connectivity index (χ0n) is 7.20. The number of aromatic amines is 1. The van der Waals surface area contributed by atoms with Crippen LogP contribution in [0, 0.1) is 0 Å². The third-order valence-corrected chi connectivity index (χ3v) is 2.64. The molecule has 1 heterocycles. The Balaban J connectivity index is 3.13. The lowest BCUT2D eigenvalue weighted by atomic mass is 10.4. The molecule has 1 aromatic rings. The van der Waals surface area contributed by atoms with E-state index < -0.39 is 11.1 Å². The number of nitrogens with zero attached hydrogens (tertiary/aromatic N) is 2. The summed E-state index contributed by atoms with van der Waals surface area (Å²) in [4.78, 5) is 4.24. The van der Waals surface area contributed by atoms with Gasteiger partial charge >= 0.3 is 0 Å². The smallest absolute Gasteiger partial charge is 0.210 e. The van der Waals surface area contributed by atoms with Crippen LogP contribution in [0.15, 0.2) is 10.0 Å². The van der Waals surface area contributed by atoms with Crippen molar-refractivity contribution in [2.24, 2.45) is 4.99 Å². The lowest BCUT2D eigenvalue weighted by molar-refractivity contribution is 0.583. The van der Waals surface area contributed by atoms with Gasteiger partial charge in [-0.05, 0) is 24.5 Å². The van der Waals surface area contributed by atoms with Gasteiger partial charge in [0, 0.05) is 6.04 Å². The SMILES string of the molecule is CSc1n[s+]([O-])[nH]c1=NC(C)C. The second-order valence-corrected chi connectivity index (χ2v) is 4.20. The molecule has 1 unspecified atom stereocenters. The average molecular weight is 205 g/mol. The Morgan fingerprint density at radius 1 is 1.67 bits per heavy atom. The zero-order valence-corrected chi connectivity index (χ0v) is 8.83. The molecule has 0 aliphatic heterocycles. The molecule has 1 atom stereocenters. The van der Waals surface area contributed by atoms with Crippen LogP contribution in [-0.2, 0) is 0 Å². The molecule has 1 aromatic heterocycles. The number of nitrogens with one attached hydrogen (secondary N) is 1. The predicted molar refractivity (Wildman–Crippen MR) is 49.7 cm³/mol. The van der Waals surface area contributed by atoms with E-state index in [2.05, 4.69) is 13.7 Å². The van der Waals surface area contributed by atoms with Crippen molar-refractivity contribution in [1.82, 2.24) is 8.75 Å². The van der Waals surface area contributed by atoms with Crippen LogP contribution in [0.25, 0.3) is 0 Å². The molecule has 1 rings (SSSR count). The summed E-state index contributed by atoms with van der Waals surface area (Å²) in [6.45, 7) is 3.93. The molecule has 12 heavy (non-hydrogen) atoms. The minimum Gasteiger partial charge on any atom is -0.548 e. The fourth-order valence-electron chi connectivity index (χ4n) is 0.741. The van der Waals surface area contributed by atoms with E-state index in [1.54, 1.807) is 0 Å². The Bertz CT molecular complexity index is 315. The first-order valence-electron chi connectivity index (χ1n) is 3.53. The summed E-state index contributed by atoms with van der Waals surface area (Å²) in [5, 5.41) is 0.724. The van der Waals surface area contributed by atoms with Gasteiger partial charge in [-0.25, -0.2) is 0 Å². The zero-order chi connectivity index (χ0) is 9.14. The Kier molecular flexibility index (Phi) is 3.30. The molecule has 68 valence electrons. The van der Waals surface area contributed by atoms with Gasteiger partial charge in [0.2, 0.25) is 10.5 Å². The van der Waals surface area contributed by atoms with Crippen molar-refractivity contribution >= 4 is 22.9 Å². The molecule has 0 saturated carbocycles. The maximum Gasteiger partial charge on any atom is 0.210 e. The van der Waals surface area contributed by atoms with E-state index in [0.29, 0.717) is 5.49 Å². The molecule has 0 aliphatic carbocycles. The van der Waals surface area contributed by atoms with Crippen LogP contribution in [0.5, 0.6) is 0 Å². The van der Waals surface area contributed by atoms with Crippen LogP contribution in [0.3, 0.4) is 0 Å². The molecule has 0 radical (unpaired) electrons. The molecular formula is C6H11N3OS2. The van der Waals surface area contributed by atoms with Crippen molar-refractivity contribution in [2.75, 3.05) is 6.26 Å². The van der Waals surface area contributed by atoms with Crippen molar-refractivity contribution in [2.45, 2.75) is 24.9 Å². The van der Waals surface area contributed by atoms with Crippen LogP contribution in [0.1, 0.15) is 13.8 Å². The summed E-state index contributed by atoms with van der Waals surface area (Å²) >= 11 is 0.137. The first kappa shape index (κ1) is 9.76. The third-order valence-electron chi connectivity index (χ3n) is 1.13. The summed E-state index contributed by atoms with van der Waals surface area (Å²) in [7, 11) is 0. The van der Waals surface area contributed by atoms with Crippen molar-refractivity contribution < 1.29 is 4.55 Å². The van der Waals surface area contributed by atoms with Crippen molar-refractivity contribution in [3.05, 3.63) is 5.49 Å². The predicted octanol–water partition coefficient (Wildman–Crippen LogP) is 1.17. The van der Waals surface area contributed by atoms with Crippen LogP contribution in [-0.4, -0.2) is 25.6 Å². The van der Waals surface area contributed by atoms with E-state index in [4.69, 9.17) is 0 Å². The molecule has 0 bridgehead atoms. The highest BCUT2D eigenvalue weighted by Crippen LogP contribution is 2.09. The molecule has 1 N–H and O–H groups in total. The van der Waals surface area contributed by atoms with E-state index in [1.807, 2.05) is 20.1 Å². The largest absolute Gasteiger partial charge is 0.548 e. The molecule has 0 amide bonds. The van der Waals surface area contributed by atoms with Gasteiger partial charge in [0.25, 0.3) is 0 Å². The molecule has 4 nitrogen and oxygen atoms in total. The van der Waals surface area contributed by atoms with E-state index in [0.717, 1.165) is 5.03 Å². The number of H-pyrrole nitrogens is 1. The van der Waals surface area contributed by atoms with Gasteiger partial charge in [-0.15, -0.1) is 16.1 Å². The topological polar surface area (TPSA) is 64.1 Å². The molecule has 0 aliphatic rings. The van der Waals surface area contributed by atoms with E-state index in [1.165, 1.54) is 11.8 Å². The molecule has 0 aromatic carbocycles. The van der Waals surface area contributed by atoms with Gasteiger partial charge in [0.15, 0.2) is 11.1 Å². The van der Waals surface area contributed by atoms with Crippen LogP contribution in [0.4, 0.5) is 0 Å². The van der Waals surface area contributed by atoms with Crippen molar-refractivity contribution in [1.29, 1.82) is 0 Å². The van der Waals surface area contributed by atoms with E-state index in [-0.39, 0.29) is 6.04 Å². The maximum absolute atomic E-state index is 10.9. The van der Waals surface area contributed by atoms with Crippen LogP contribution in [0.2, 0.25) is 0 Å². The third kappa shape index (κ3) is 2.33. The van der Waals surface area contributed by atoms with Gasteiger partial charge in [0.05, 0.1) is 0 Å². The second-order valence-electron chi connectivity index (χ2n) is 2.52. The highest BCUT2D eigenvalue weighted by molar-refractivity contribution is 7.98. The van der Waals surface area contributed by atoms with Crippen LogP contribution < -0.4 is 5.49 Å². The summed E-state index contributed by atoms with van der Waals surface area (Å²) in [5.41, 5.74) is 0.649. The summed E-state index contributed by atoms with van der Waals surface area (Å²) in [5.74, 6) is 0. The Hall–Kier alpha value is -0.330. The fourth-order valence-corrected chi connectivity index (χ4v) is 2.20. The number of hydrogen-bond acceptors (Lipinski definition) is 4. The molecule has 0 spiro atoms. The lowest BCUT2D eigenvalue weighted by Crippen LogP contribution is -2.08. The highest BCUT2D eigenvalue weighted by Gasteiger charge is 2.06. The highest BCUT2D eigenvalue weighted by atomic mass is 32.2. The van der Waals surface area contributed by atoms with Gasteiger partial charge in [-0.1, -0.05) is 0 Å². The minimum atomic E-state index is -1.31. The monoisotopic (exact) mass is 205 g/mol. The number of aromatic nitrogens is 2. The van der Waals surface area contributed by atoms with Crippen LogP contribution >= 0.6 is 22.9 Å². The molecular weight excluding hydrogens is 194 g/mol. The molecule has 0 fully saturated rings. The van der Waals surface area contributed by atoms with Crippen molar-refractivity contribution in [3.63, 3.8) is 0 Å². The van der Waals surface area contributed by atoms with Gasteiger partial charge in [0.1, 0.15) is 0 Å². The Labute approximate surface area is 78.2 Å². The van der Waals surface area contributed by atoms with E-state index >= 15 is 0 Å². The second kappa shape index (κ2) is 4.06. The first-order valence-corrected chi connectivity index (χ1v) is 5.86. The fraction of sp³-hybridized carbons (Fsp3) is 0.667. The molecule has 0 saturated heterocycles. The average Bonchev–Trinajstić information content (AvgIpc) is 2.29. The molecule has 6 heteroatoms. The van der Waals surface area contributed by atoms with Crippen molar-refractivity contribution in [3.8, 4) is 0 Å². The Morgan fingerprint density at radius 3 is 2.83 bits per heavy atom. The first-order chi connectivity index (χ1) is 5.63. The minimum absolute atomic E-state index is 0.194. The normalized spacial score (nSPS) is 14.4. The number of rotatable bonds is 2. The summed E-state index contributed by atoms with van der Waals surface area (Å²) < 4.78 is 17.5. The Morgan fingerprint density at radius 2 is 2.33 bits per heavy atom. The lowest BCUT2D eigenvalue weighted by Gasteiger charge is -1.90.